The van der Waals surface area contributed by atoms with E-state index >= 15 is 0 Å². The van der Waals surface area contributed by atoms with Crippen LogP contribution in [0.4, 0.5) is 0 Å². The van der Waals surface area contributed by atoms with E-state index in [0.717, 1.165) is 5.35 Å². The van der Waals surface area contributed by atoms with E-state index in [4.69, 9.17) is 0 Å². The van der Waals surface area contributed by atoms with Crippen LogP contribution in [0.1, 0.15) is 39.2 Å². The van der Waals surface area contributed by atoms with Crippen molar-refractivity contribution in [3.63, 3.8) is 0 Å². The standard InChI is InChI=1S/C12H17N/c1-5-10-11(9(3)4)7-8-13-12(10)6-2/h5-9H,1-4H3. The van der Waals surface area contributed by atoms with Crippen molar-refractivity contribution in [3.8, 4) is 0 Å². The number of aromatic nitrogens is 1. The van der Waals surface area contributed by atoms with E-state index < -0.39 is 0 Å². The quantitative estimate of drug-likeness (QED) is 0.634. The van der Waals surface area contributed by atoms with Gasteiger partial charge in [0, 0.05) is 6.20 Å². The molecule has 0 fully saturated rings. The largest absolute Gasteiger partial charge is 0.257 e. The summed E-state index contributed by atoms with van der Waals surface area (Å²) in [6.45, 7) is 8.51. The molecule has 0 saturated heterocycles. The molecule has 0 aliphatic rings. The topological polar surface area (TPSA) is 12.9 Å². The highest BCUT2D eigenvalue weighted by atomic mass is 14.6. The fraction of sp³-hybridized carbons (Fsp3) is 0.417. The summed E-state index contributed by atoms with van der Waals surface area (Å²) in [7, 11) is 0. The van der Waals surface area contributed by atoms with E-state index in [1.165, 1.54) is 10.8 Å². The molecule has 1 heteroatoms. The van der Waals surface area contributed by atoms with Crippen molar-refractivity contribution >= 4 is 12.2 Å². The highest BCUT2D eigenvalue weighted by molar-refractivity contribution is 5.32. The highest BCUT2D eigenvalue weighted by Gasteiger charge is 2.00. The second-order valence-corrected chi connectivity index (χ2v) is 3.43. The number of hydrogen-bond donors (Lipinski definition) is 0. The summed E-state index contributed by atoms with van der Waals surface area (Å²) < 4.78 is 0. The number of rotatable bonds is 1. The number of pyridine rings is 1. The van der Waals surface area contributed by atoms with Crippen LogP contribution < -0.4 is 10.6 Å². The minimum Gasteiger partial charge on any atom is -0.257 e. The third-order valence-electron chi connectivity index (χ3n) is 2.24. The lowest BCUT2D eigenvalue weighted by molar-refractivity contribution is 0.850. The third-order valence-corrected chi connectivity index (χ3v) is 2.24. The monoisotopic (exact) mass is 175 g/mol. The lowest BCUT2D eigenvalue weighted by Gasteiger charge is -2.05. The molecule has 0 saturated carbocycles. The van der Waals surface area contributed by atoms with E-state index in [1.807, 2.05) is 13.1 Å². The van der Waals surface area contributed by atoms with Gasteiger partial charge in [-0.1, -0.05) is 26.0 Å². The summed E-state index contributed by atoms with van der Waals surface area (Å²) in [6.07, 6.45) is 6.08. The van der Waals surface area contributed by atoms with Gasteiger partial charge >= 0.3 is 0 Å². The van der Waals surface area contributed by atoms with Gasteiger partial charge in [-0.3, -0.25) is 4.98 Å². The second kappa shape index (κ2) is 4.22. The van der Waals surface area contributed by atoms with Gasteiger partial charge in [0.25, 0.3) is 0 Å². The first kappa shape index (κ1) is 9.97. The van der Waals surface area contributed by atoms with Crippen molar-refractivity contribution < 1.29 is 0 Å². The van der Waals surface area contributed by atoms with Gasteiger partial charge in [-0.15, -0.1) is 0 Å². The lowest BCUT2D eigenvalue weighted by atomic mass is 10.0. The summed E-state index contributed by atoms with van der Waals surface area (Å²) in [6, 6.07) is 2.10. The third kappa shape index (κ3) is 1.97. The maximum absolute atomic E-state index is 4.32. The highest BCUT2D eigenvalue weighted by Crippen LogP contribution is 2.06. The fourth-order valence-electron chi connectivity index (χ4n) is 1.55. The molecule has 1 nitrogen and oxygen atoms in total. The van der Waals surface area contributed by atoms with Crippen molar-refractivity contribution in [1.29, 1.82) is 0 Å². The van der Waals surface area contributed by atoms with Crippen molar-refractivity contribution in [1.82, 2.24) is 4.98 Å². The molecule has 0 spiro atoms. The first-order valence-electron chi connectivity index (χ1n) is 4.78. The molecule has 0 bridgehead atoms. The molecule has 0 aliphatic heterocycles. The van der Waals surface area contributed by atoms with Gasteiger partial charge in [0.1, 0.15) is 0 Å². The van der Waals surface area contributed by atoms with Crippen LogP contribution >= 0.6 is 0 Å². The Hall–Kier alpha value is -1.11. The van der Waals surface area contributed by atoms with Crippen molar-refractivity contribution in [3.05, 3.63) is 28.4 Å². The average molecular weight is 175 g/mol. The van der Waals surface area contributed by atoms with Gasteiger partial charge in [-0.25, -0.2) is 0 Å². The minimum atomic E-state index is 0.563. The molecule has 0 atom stereocenters. The Balaban J connectivity index is 3.57. The van der Waals surface area contributed by atoms with Gasteiger partial charge in [0.05, 0.1) is 5.35 Å². The Morgan fingerprint density at radius 2 is 1.92 bits per heavy atom. The Bertz CT molecular complexity index is 388. The van der Waals surface area contributed by atoms with E-state index in [2.05, 4.69) is 44.0 Å². The van der Waals surface area contributed by atoms with E-state index in [-0.39, 0.29) is 0 Å². The maximum Gasteiger partial charge on any atom is 0.0658 e. The first-order valence-corrected chi connectivity index (χ1v) is 4.78. The molecule has 13 heavy (non-hydrogen) atoms. The van der Waals surface area contributed by atoms with E-state index in [9.17, 15) is 0 Å². The Kier molecular flexibility index (Phi) is 3.24. The Labute approximate surface area is 79.8 Å². The molecule has 1 rings (SSSR count). The van der Waals surface area contributed by atoms with E-state index in [0.29, 0.717) is 5.92 Å². The number of hydrogen-bond acceptors (Lipinski definition) is 1. The summed E-state index contributed by atoms with van der Waals surface area (Å²) in [5, 5.41) is 2.37. The molecule has 0 N–H and O–H groups in total. The molecular formula is C12H17N. The van der Waals surface area contributed by atoms with Crippen LogP contribution in [0.15, 0.2) is 12.3 Å². The van der Waals surface area contributed by atoms with Crippen LogP contribution in [0, 0.1) is 0 Å². The minimum absolute atomic E-state index is 0.563. The van der Waals surface area contributed by atoms with Crippen molar-refractivity contribution in [2.24, 2.45) is 0 Å². The second-order valence-electron chi connectivity index (χ2n) is 3.43. The van der Waals surface area contributed by atoms with Crippen LogP contribution in [-0.4, -0.2) is 4.98 Å². The van der Waals surface area contributed by atoms with E-state index in [1.54, 1.807) is 0 Å². The summed E-state index contributed by atoms with van der Waals surface area (Å²) in [5.74, 6) is 0.563. The van der Waals surface area contributed by atoms with Gasteiger partial charge < -0.3 is 0 Å². The predicted octanol–water partition coefficient (Wildman–Crippen LogP) is 1.81. The molecule has 70 valence electrons. The van der Waals surface area contributed by atoms with Crippen molar-refractivity contribution in [2.75, 3.05) is 0 Å². The molecule has 1 heterocycles. The Morgan fingerprint density at radius 3 is 2.38 bits per heavy atom. The molecule has 1 aromatic rings. The predicted molar refractivity (Wildman–Crippen MR) is 57.9 cm³/mol. The molecular weight excluding hydrogens is 158 g/mol. The van der Waals surface area contributed by atoms with Crippen LogP contribution in [-0.2, 0) is 0 Å². The smallest absolute Gasteiger partial charge is 0.0658 e. The molecule has 0 radical (unpaired) electrons. The SMILES string of the molecule is CC=c1nccc(C(C)C)c1=CC. The van der Waals surface area contributed by atoms with Crippen LogP contribution in [0.3, 0.4) is 0 Å². The molecule has 0 amide bonds. The zero-order valence-electron chi connectivity index (χ0n) is 8.83. The van der Waals surface area contributed by atoms with Gasteiger partial charge in [-0.05, 0) is 36.6 Å². The zero-order chi connectivity index (χ0) is 9.84. The molecule has 0 aliphatic carbocycles. The van der Waals surface area contributed by atoms with Crippen molar-refractivity contribution in [2.45, 2.75) is 33.6 Å². The fourth-order valence-corrected chi connectivity index (χ4v) is 1.55. The first-order chi connectivity index (χ1) is 6.20. The van der Waals surface area contributed by atoms with Crippen LogP contribution in [0.5, 0.6) is 0 Å². The summed E-state index contributed by atoms with van der Waals surface area (Å²) in [4.78, 5) is 4.32. The van der Waals surface area contributed by atoms with Gasteiger partial charge in [0.2, 0.25) is 0 Å². The van der Waals surface area contributed by atoms with Gasteiger partial charge in [0.15, 0.2) is 0 Å². The summed E-state index contributed by atoms with van der Waals surface area (Å²) in [5.41, 5.74) is 1.38. The van der Waals surface area contributed by atoms with Gasteiger partial charge in [-0.2, -0.15) is 0 Å². The molecule has 0 aromatic carbocycles. The normalized spacial score (nSPS) is 14.2. The zero-order valence-corrected chi connectivity index (χ0v) is 8.83. The maximum atomic E-state index is 4.32. The number of nitrogens with zero attached hydrogens (tertiary/aromatic N) is 1. The average Bonchev–Trinajstić information content (AvgIpc) is 2.16. The summed E-state index contributed by atoms with van der Waals surface area (Å²) >= 11 is 0. The molecule has 0 unspecified atom stereocenters. The molecule has 1 aromatic heterocycles. The van der Waals surface area contributed by atoms with Crippen LogP contribution in [0.2, 0.25) is 0 Å². The lowest BCUT2D eigenvalue weighted by Crippen LogP contribution is -2.31. The Morgan fingerprint density at radius 1 is 1.23 bits per heavy atom. The van der Waals surface area contributed by atoms with Crippen LogP contribution in [0.25, 0.3) is 12.2 Å².